The molecule has 1 aromatic carbocycles. The lowest BCUT2D eigenvalue weighted by molar-refractivity contribution is -0.130. The minimum Gasteiger partial charge on any atom is -0.494 e. The molecule has 0 saturated carbocycles. The molecule has 23 heavy (non-hydrogen) atoms. The molecular formula is C15H21N3O4S. The van der Waals surface area contributed by atoms with Crippen LogP contribution in [0.3, 0.4) is 0 Å². The van der Waals surface area contributed by atoms with Crippen LogP contribution in [-0.4, -0.2) is 46.0 Å². The molecule has 1 aliphatic heterocycles. The average Bonchev–Trinajstić information content (AvgIpc) is 2.64. The minimum absolute atomic E-state index is 0.236. The van der Waals surface area contributed by atoms with Crippen molar-refractivity contribution < 1.29 is 18.5 Å². The number of nitrogens with zero attached hydrogens (tertiary/aromatic N) is 1. The average molecular weight is 339 g/mol. The molecule has 0 radical (unpaired) electrons. The quantitative estimate of drug-likeness (QED) is 0.610. The lowest BCUT2D eigenvalue weighted by Crippen LogP contribution is -2.40. The van der Waals surface area contributed by atoms with Crippen LogP contribution >= 0.6 is 0 Å². The molecule has 8 heteroatoms. The fraction of sp³-hybridized carbons (Fsp3) is 0.467. The van der Waals surface area contributed by atoms with Crippen molar-refractivity contribution in [2.45, 2.75) is 30.7 Å². The highest BCUT2D eigenvalue weighted by atomic mass is 32.2. The normalized spacial score (nSPS) is 19.3. The summed E-state index contributed by atoms with van der Waals surface area (Å²) in [5.74, 6) is 0.356. The summed E-state index contributed by atoms with van der Waals surface area (Å²) < 4.78 is 24.6. The summed E-state index contributed by atoms with van der Waals surface area (Å²) in [6.45, 7) is 3.98. The third kappa shape index (κ3) is 4.01. The van der Waals surface area contributed by atoms with Crippen molar-refractivity contribution in [2.75, 3.05) is 19.4 Å². The van der Waals surface area contributed by atoms with Crippen molar-refractivity contribution >= 4 is 21.7 Å². The summed E-state index contributed by atoms with van der Waals surface area (Å²) in [5.41, 5.74) is -0.850. The van der Waals surface area contributed by atoms with E-state index < -0.39 is 15.3 Å². The number of amides is 3. The van der Waals surface area contributed by atoms with E-state index >= 15 is 0 Å². The molecule has 3 amide bonds. The van der Waals surface area contributed by atoms with Gasteiger partial charge in [-0.15, -0.1) is 0 Å². The third-order valence-electron chi connectivity index (χ3n) is 3.51. The number of rotatable bonds is 6. The van der Waals surface area contributed by atoms with E-state index in [0.29, 0.717) is 30.2 Å². The van der Waals surface area contributed by atoms with Crippen LogP contribution in [0.4, 0.5) is 4.79 Å². The zero-order chi connectivity index (χ0) is 17.3. The maximum Gasteiger partial charge on any atom is 0.325 e. The Morgan fingerprint density at radius 2 is 1.87 bits per heavy atom. The van der Waals surface area contributed by atoms with E-state index in [0.717, 1.165) is 0 Å². The second kappa shape index (κ2) is 6.19. The third-order valence-corrected chi connectivity index (χ3v) is 4.68. The van der Waals surface area contributed by atoms with Crippen LogP contribution in [0.1, 0.15) is 20.3 Å². The van der Waals surface area contributed by atoms with Gasteiger partial charge in [0, 0.05) is 17.7 Å². The molecule has 1 fully saturated rings. The summed E-state index contributed by atoms with van der Waals surface area (Å²) in [7, 11) is -2.72. The second-order valence-corrected chi connectivity index (χ2v) is 8.19. The number of ether oxygens (including phenoxy) is 1. The lowest BCUT2D eigenvalue weighted by atomic mass is 10.1. The summed E-state index contributed by atoms with van der Waals surface area (Å²) in [5, 5.41) is 2.62. The molecule has 7 nitrogen and oxygen atoms in total. The van der Waals surface area contributed by atoms with Gasteiger partial charge < -0.3 is 10.1 Å². The molecule has 1 heterocycles. The van der Waals surface area contributed by atoms with E-state index in [1.807, 2.05) is 0 Å². The highest BCUT2D eigenvalue weighted by Crippen LogP contribution is 2.18. The monoisotopic (exact) mass is 339 g/mol. The largest absolute Gasteiger partial charge is 0.494 e. The maximum atomic E-state index is 12.0. The van der Waals surface area contributed by atoms with Crippen LogP contribution < -0.4 is 10.1 Å². The predicted octanol–water partition coefficient (Wildman–Crippen LogP) is 1.82. The van der Waals surface area contributed by atoms with Crippen molar-refractivity contribution in [1.29, 1.82) is 4.78 Å². The van der Waals surface area contributed by atoms with Gasteiger partial charge in [-0.05, 0) is 44.5 Å². The molecule has 0 bridgehead atoms. The molecule has 0 aliphatic carbocycles. The Bertz CT molecular complexity index is 711. The molecular weight excluding hydrogens is 318 g/mol. The van der Waals surface area contributed by atoms with Crippen LogP contribution in [-0.2, 0) is 14.5 Å². The number of urea groups is 1. The molecule has 1 aromatic rings. The first-order chi connectivity index (χ1) is 10.6. The van der Waals surface area contributed by atoms with Gasteiger partial charge in [0.25, 0.3) is 5.91 Å². The van der Waals surface area contributed by atoms with E-state index in [9.17, 15) is 13.8 Å². The first-order valence-electron chi connectivity index (χ1n) is 7.22. The Morgan fingerprint density at radius 3 is 2.35 bits per heavy atom. The molecule has 0 aromatic heterocycles. The molecule has 1 unspecified atom stereocenters. The first-order valence-corrected chi connectivity index (χ1v) is 9.19. The SMILES string of the molecule is CC1(C)NC(=O)N(CCCOc2ccc(S(C)(=N)=O)cc2)C1=O. The minimum atomic E-state index is -2.72. The highest BCUT2D eigenvalue weighted by molar-refractivity contribution is 7.91. The number of imide groups is 1. The zero-order valence-electron chi connectivity index (χ0n) is 13.4. The Hall–Kier alpha value is -2.09. The summed E-state index contributed by atoms with van der Waals surface area (Å²) in [6.07, 6.45) is 1.88. The smallest absolute Gasteiger partial charge is 0.325 e. The second-order valence-electron chi connectivity index (χ2n) is 6.03. The van der Waals surface area contributed by atoms with Crippen molar-refractivity contribution in [1.82, 2.24) is 10.2 Å². The van der Waals surface area contributed by atoms with Crippen LogP contribution in [0.5, 0.6) is 5.75 Å². The summed E-state index contributed by atoms with van der Waals surface area (Å²) in [4.78, 5) is 25.3. The number of benzene rings is 1. The van der Waals surface area contributed by atoms with Gasteiger partial charge in [-0.2, -0.15) is 0 Å². The molecule has 1 saturated heterocycles. The van der Waals surface area contributed by atoms with Crippen LogP contribution in [0.2, 0.25) is 0 Å². The summed E-state index contributed by atoms with van der Waals surface area (Å²) in [6, 6.07) is 6.14. The van der Waals surface area contributed by atoms with Gasteiger partial charge >= 0.3 is 6.03 Å². The van der Waals surface area contributed by atoms with Crippen molar-refractivity contribution in [3.8, 4) is 5.75 Å². The first kappa shape index (κ1) is 17.3. The van der Waals surface area contributed by atoms with Crippen molar-refractivity contribution in [2.24, 2.45) is 0 Å². The summed E-state index contributed by atoms with van der Waals surface area (Å²) >= 11 is 0. The number of hydrogen-bond acceptors (Lipinski definition) is 5. The zero-order valence-corrected chi connectivity index (χ0v) is 14.2. The van der Waals surface area contributed by atoms with Crippen molar-refractivity contribution in [3.05, 3.63) is 24.3 Å². The number of nitrogens with one attached hydrogen (secondary N) is 2. The molecule has 1 atom stereocenters. The lowest BCUT2D eigenvalue weighted by Gasteiger charge is -2.16. The Labute approximate surface area is 136 Å². The van der Waals surface area contributed by atoms with Crippen molar-refractivity contribution in [3.63, 3.8) is 0 Å². The Kier molecular flexibility index (Phi) is 4.65. The molecule has 2 rings (SSSR count). The van der Waals surface area contributed by atoms with E-state index in [2.05, 4.69) is 5.32 Å². The van der Waals surface area contributed by atoms with Gasteiger partial charge in [0.1, 0.15) is 11.3 Å². The van der Waals surface area contributed by atoms with E-state index in [1.165, 1.54) is 11.2 Å². The molecule has 126 valence electrons. The van der Waals surface area contributed by atoms with E-state index in [1.54, 1.807) is 38.1 Å². The topological polar surface area (TPSA) is 99.6 Å². The Morgan fingerprint density at radius 1 is 1.26 bits per heavy atom. The predicted molar refractivity (Wildman–Crippen MR) is 85.9 cm³/mol. The fourth-order valence-corrected chi connectivity index (χ4v) is 2.88. The highest BCUT2D eigenvalue weighted by Gasteiger charge is 2.43. The fourth-order valence-electron chi connectivity index (χ4n) is 2.23. The Balaban J connectivity index is 1.82. The number of carbonyl (C=O) groups is 2. The van der Waals surface area contributed by atoms with Gasteiger partial charge in [0.15, 0.2) is 0 Å². The molecule has 1 aliphatic rings. The molecule has 2 N–H and O–H groups in total. The van der Waals surface area contributed by atoms with Gasteiger partial charge in [0.2, 0.25) is 0 Å². The van der Waals surface area contributed by atoms with Crippen LogP contribution in [0.15, 0.2) is 29.2 Å². The van der Waals surface area contributed by atoms with Gasteiger partial charge in [-0.1, -0.05) is 0 Å². The van der Waals surface area contributed by atoms with E-state index in [4.69, 9.17) is 9.52 Å². The van der Waals surface area contributed by atoms with E-state index in [-0.39, 0.29) is 11.9 Å². The molecule has 0 spiro atoms. The standard InChI is InChI=1S/C15H21N3O4S/c1-15(2)13(19)18(14(20)17-15)9-4-10-22-11-5-7-12(8-6-11)23(3,16)21/h5-8,16H,4,9-10H2,1-3H3,(H,17,20). The van der Waals surface area contributed by atoms with Gasteiger partial charge in [-0.25, -0.2) is 13.8 Å². The number of carbonyl (C=O) groups excluding carboxylic acids is 2. The van der Waals surface area contributed by atoms with Gasteiger partial charge in [-0.3, -0.25) is 9.69 Å². The van der Waals surface area contributed by atoms with Crippen LogP contribution in [0, 0.1) is 4.78 Å². The number of hydrogen-bond donors (Lipinski definition) is 2. The van der Waals surface area contributed by atoms with Crippen LogP contribution in [0.25, 0.3) is 0 Å². The van der Waals surface area contributed by atoms with Gasteiger partial charge in [0.05, 0.1) is 16.3 Å². The maximum absolute atomic E-state index is 12.0.